The van der Waals surface area contributed by atoms with Crippen LogP contribution in [0.25, 0.3) is 0 Å². The molecule has 1 amide bonds. The third-order valence-electron chi connectivity index (χ3n) is 6.42. The van der Waals surface area contributed by atoms with Crippen LogP contribution in [-0.2, 0) is 9.53 Å². The number of rotatable bonds is 7. The topological polar surface area (TPSA) is 50.8 Å². The van der Waals surface area contributed by atoms with Crippen molar-refractivity contribution in [2.45, 2.75) is 58.0 Å². The maximum absolute atomic E-state index is 12.8. The Kier molecular flexibility index (Phi) is 7.36. The highest BCUT2D eigenvalue weighted by Crippen LogP contribution is 2.35. The molecule has 1 N–H and O–H groups in total. The zero-order valence-electron chi connectivity index (χ0n) is 17.7. The molecule has 1 atom stereocenters. The molecule has 1 aromatic rings. The van der Waals surface area contributed by atoms with Crippen molar-refractivity contribution >= 4 is 11.6 Å². The molecule has 3 rings (SSSR count). The van der Waals surface area contributed by atoms with Crippen molar-refractivity contribution in [1.82, 2.24) is 4.90 Å². The summed E-state index contributed by atoms with van der Waals surface area (Å²) in [6, 6.07) is 7.67. The van der Waals surface area contributed by atoms with Gasteiger partial charge in [-0.2, -0.15) is 0 Å². The number of likely N-dealkylation sites (tertiary alicyclic amines) is 1. The van der Waals surface area contributed by atoms with Gasteiger partial charge in [0.25, 0.3) is 5.91 Å². The number of nitrogens with one attached hydrogen (secondary N) is 1. The third kappa shape index (κ3) is 5.48. The number of carbonyl (C=O) groups is 1. The second-order valence-electron chi connectivity index (χ2n) is 8.76. The molecule has 28 heavy (non-hydrogen) atoms. The molecule has 0 unspecified atom stereocenters. The van der Waals surface area contributed by atoms with E-state index in [9.17, 15) is 4.79 Å². The number of hydrogen-bond donors (Lipinski definition) is 1. The average molecular weight is 389 g/mol. The molecule has 1 saturated carbocycles. The molecule has 1 aliphatic carbocycles. The Labute approximate surface area is 169 Å². The summed E-state index contributed by atoms with van der Waals surface area (Å²) in [5, 5.41) is 3.03. The summed E-state index contributed by atoms with van der Waals surface area (Å²) in [5.41, 5.74) is 0.102. The van der Waals surface area contributed by atoms with E-state index in [0.29, 0.717) is 12.5 Å². The summed E-state index contributed by atoms with van der Waals surface area (Å²) in [6.45, 7) is 8.58. The average Bonchev–Trinajstić information content (AvgIpc) is 2.70. The van der Waals surface area contributed by atoms with Gasteiger partial charge in [0.05, 0.1) is 0 Å². The number of amides is 1. The van der Waals surface area contributed by atoms with Gasteiger partial charge in [0.15, 0.2) is 0 Å². The number of methoxy groups -OCH3 is 1. The van der Waals surface area contributed by atoms with Crippen molar-refractivity contribution in [3.05, 3.63) is 24.3 Å². The number of anilines is 1. The highest BCUT2D eigenvalue weighted by atomic mass is 16.5. The first-order valence-electron chi connectivity index (χ1n) is 10.8. The van der Waals surface area contributed by atoms with Crippen molar-refractivity contribution in [1.29, 1.82) is 0 Å². The van der Waals surface area contributed by atoms with Gasteiger partial charge in [0.2, 0.25) is 0 Å². The molecule has 2 fully saturated rings. The van der Waals surface area contributed by atoms with Gasteiger partial charge >= 0.3 is 0 Å². The van der Waals surface area contributed by atoms with Gasteiger partial charge in [-0.1, -0.05) is 13.8 Å². The van der Waals surface area contributed by atoms with E-state index in [1.165, 1.54) is 25.9 Å². The fourth-order valence-electron chi connectivity index (χ4n) is 4.41. The van der Waals surface area contributed by atoms with E-state index in [1.54, 1.807) is 7.11 Å². The smallest absolute Gasteiger partial charge is 0.256 e. The van der Waals surface area contributed by atoms with E-state index >= 15 is 0 Å². The summed E-state index contributed by atoms with van der Waals surface area (Å²) in [4.78, 5) is 15.3. The van der Waals surface area contributed by atoms with E-state index in [4.69, 9.17) is 9.47 Å². The summed E-state index contributed by atoms with van der Waals surface area (Å²) >= 11 is 0. The van der Waals surface area contributed by atoms with Gasteiger partial charge in [-0.05, 0) is 81.2 Å². The first-order valence-corrected chi connectivity index (χ1v) is 10.8. The molecular weight excluding hydrogens is 352 g/mol. The Bertz CT molecular complexity index is 623. The van der Waals surface area contributed by atoms with Gasteiger partial charge in [-0.25, -0.2) is 0 Å². The molecule has 1 aromatic carbocycles. The van der Waals surface area contributed by atoms with Crippen molar-refractivity contribution in [3.8, 4) is 5.75 Å². The second kappa shape index (κ2) is 9.75. The normalized spacial score (nSPS) is 28.7. The van der Waals surface area contributed by atoms with Crippen LogP contribution in [0.3, 0.4) is 0 Å². The summed E-state index contributed by atoms with van der Waals surface area (Å²) < 4.78 is 11.6. The van der Waals surface area contributed by atoms with Crippen LogP contribution in [0.15, 0.2) is 24.3 Å². The number of nitrogens with zero attached hydrogens (tertiary/aromatic N) is 1. The minimum absolute atomic E-state index is 0.0326. The summed E-state index contributed by atoms with van der Waals surface area (Å²) in [6.07, 6.45) is 6.26. The molecule has 0 spiro atoms. The lowest BCUT2D eigenvalue weighted by Crippen LogP contribution is -2.47. The molecule has 5 heteroatoms. The quantitative estimate of drug-likeness (QED) is 0.755. The lowest BCUT2D eigenvalue weighted by molar-refractivity contribution is -0.142. The molecule has 1 saturated heterocycles. The van der Waals surface area contributed by atoms with E-state index in [0.717, 1.165) is 49.6 Å². The van der Waals surface area contributed by atoms with Crippen LogP contribution in [0.4, 0.5) is 5.69 Å². The fraction of sp³-hybridized carbons (Fsp3) is 0.696. The lowest BCUT2D eigenvalue weighted by atomic mass is 9.79. The number of benzene rings is 1. The second-order valence-corrected chi connectivity index (χ2v) is 8.76. The Morgan fingerprint density at radius 1 is 1.14 bits per heavy atom. The molecule has 0 radical (unpaired) electrons. The van der Waals surface area contributed by atoms with Gasteiger partial charge < -0.3 is 14.8 Å². The fourth-order valence-corrected chi connectivity index (χ4v) is 4.41. The maximum Gasteiger partial charge on any atom is 0.256 e. The van der Waals surface area contributed by atoms with Crippen LogP contribution in [0, 0.1) is 11.8 Å². The monoisotopic (exact) mass is 388 g/mol. The molecule has 0 bridgehead atoms. The Hall–Kier alpha value is -1.59. The van der Waals surface area contributed by atoms with Crippen molar-refractivity contribution in [3.63, 3.8) is 0 Å². The van der Waals surface area contributed by atoms with E-state index in [-0.39, 0.29) is 5.91 Å². The zero-order valence-corrected chi connectivity index (χ0v) is 17.7. The maximum atomic E-state index is 12.8. The Morgan fingerprint density at radius 3 is 2.50 bits per heavy atom. The van der Waals surface area contributed by atoms with E-state index in [2.05, 4.69) is 24.1 Å². The van der Waals surface area contributed by atoms with Gasteiger partial charge in [-0.15, -0.1) is 0 Å². The van der Waals surface area contributed by atoms with Crippen LogP contribution in [-0.4, -0.2) is 49.8 Å². The van der Waals surface area contributed by atoms with Crippen LogP contribution in [0.1, 0.15) is 52.4 Å². The van der Waals surface area contributed by atoms with Crippen LogP contribution in [0.5, 0.6) is 5.75 Å². The number of ether oxygens (including phenoxy) is 2. The predicted octanol–water partition coefficient (Wildman–Crippen LogP) is 4.33. The van der Waals surface area contributed by atoms with E-state index < -0.39 is 5.60 Å². The predicted molar refractivity (Wildman–Crippen MR) is 113 cm³/mol. The van der Waals surface area contributed by atoms with Crippen molar-refractivity contribution in [2.24, 2.45) is 11.8 Å². The molecule has 1 aliphatic heterocycles. The molecule has 156 valence electrons. The SMILES string of the molecule is COC1(C(=O)Nc2ccc(OCCN3CCC[C@@H](C)C3)cc2)CCC(C)CC1. The molecule has 5 nitrogen and oxygen atoms in total. The van der Waals surface area contributed by atoms with Crippen molar-refractivity contribution < 1.29 is 14.3 Å². The number of piperidine rings is 1. The summed E-state index contributed by atoms with van der Waals surface area (Å²) in [7, 11) is 1.65. The standard InChI is InChI=1S/C23H36N2O3/c1-18-10-12-23(27-3,13-11-18)22(26)24-20-6-8-21(9-7-20)28-16-15-25-14-4-5-19(2)17-25/h6-9,18-19H,4-5,10-17H2,1-3H3,(H,24,26)/t18?,19-,23?/m1/s1. The largest absolute Gasteiger partial charge is 0.492 e. The highest BCUT2D eigenvalue weighted by molar-refractivity contribution is 5.97. The molecule has 2 aliphatic rings. The third-order valence-corrected chi connectivity index (χ3v) is 6.42. The minimum Gasteiger partial charge on any atom is -0.492 e. The van der Waals surface area contributed by atoms with E-state index in [1.807, 2.05) is 24.3 Å². The first-order chi connectivity index (χ1) is 13.5. The lowest BCUT2D eigenvalue weighted by Gasteiger charge is -2.36. The minimum atomic E-state index is -0.687. The van der Waals surface area contributed by atoms with Gasteiger partial charge in [0, 0.05) is 25.9 Å². The van der Waals surface area contributed by atoms with Gasteiger partial charge in [-0.3, -0.25) is 9.69 Å². The van der Waals surface area contributed by atoms with Gasteiger partial charge in [0.1, 0.15) is 18.0 Å². The molecule has 0 aromatic heterocycles. The first kappa shape index (κ1) is 21.1. The zero-order chi connectivity index (χ0) is 20.0. The molecule has 1 heterocycles. The highest BCUT2D eigenvalue weighted by Gasteiger charge is 2.41. The number of hydrogen-bond acceptors (Lipinski definition) is 4. The summed E-state index contributed by atoms with van der Waals surface area (Å²) in [5.74, 6) is 2.27. The van der Waals surface area contributed by atoms with Crippen LogP contribution in [0.2, 0.25) is 0 Å². The van der Waals surface area contributed by atoms with Crippen LogP contribution >= 0.6 is 0 Å². The Balaban J connectivity index is 1.46. The Morgan fingerprint density at radius 2 is 1.86 bits per heavy atom. The van der Waals surface area contributed by atoms with Crippen LogP contribution < -0.4 is 10.1 Å². The van der Waals surface area contributed by atoms with Crippen molar-refractivity contribution in [2.75, 3.05) is 38.7 Å². The number of carbonyl (C=O) groups excluding carboxylic acids is 1. The molecular formula is C23H36N2O3.